The van der Waals surface area contributed by atoms with Crippen molar-refractivity contribution >= 4 is 43.7 Å². The van der Waals surface area contributed by atoms with Crippen LogP contribution < -0.4 is 0 Å². The Labute approximate surface area is 219 Å². The number of hydrogen-bond donors (Lipinski definition) is 1. The molecule has 4 nitrogen and oxygen atoms in total. The summed E-state index contributed by atoms with van der Waals surface area (Å²) >= 11 is -3.98. The number of fused-ring (bicyclic) bond motifs is 2. The summed E-state index contributed by atoms with van der Waals surface area (Å²) in [6.07, 6.45) is 0. The van der Waals surface area contributed by atoms with Crippen LogP contribution in [0.2, 0.25) is 0 Å². The van der Waals surface area contributed by atoms with E-state index in [2.05, 4.69) is 65.8 Å². The summed E-state index contributed by atoms with van der Waals surface area (Å²) in [6.45, 7) is 15.1. The summed E-state index contributed by atoms with van der Waals surface area (Å²) in [6, 6.07) is 19.8. The standard InChI is InChI=1S/C30H34O4S2/c1-8-34-36(33)26-16-10-20-18-22(30(5,6)7)12-14-24(20)28(26)27-23-13-11-21(29(2,3)4)17-19(23)9-15-25(27)35(31)32/h9-18H,8H2,1-7H3,(H,31,32). The van der Waals surface area contributed by atoms with Gasteiger partial charge in [0.05, 0.1) is 16.4 Å². The molecule has 190 valence electrons. The van der Waals surface area contributed by atoms with Crippen molar-refractivity contribution in [3.63, 3.8) is 0 Å². The molecule has 0 aliphatic carbocycles. The maximum atomic E-state index is 13.3. The summed E-state index contributed by atoms with van der Waals surface area (Å²) < 4.78 is 41.7. The normalized spacial score (nSPS) is 14.3. The monoisotopic (exact) mass is 522 g/mol. The first kappa shape index (κ1) is 26.7. The smallest absolute Gasteiger partial charge is 0.189 e. The summed E-state index contributed by atoms with van der Waals surface area (Å²) in [7, 11) is 0. The summed E-state index contributed by atoms with van der Waals surface area (Å²) in [5.41, 5.74) is 3.55. The van der Waals surface area contributed by atoms with Gasteiger partial charge < -0.3 is 4.55 Å². The summed E-state index contributed by atoms with van der Waals surface area (Å²) in [4.78, 5) is 0.778. The molecular weight excluding hydrogens is 488 g/mol. The van der Waals surface area contributed by atoms with Gasteiger partial charge in [-0.1, -0.05) is 90.1 Å². The molecule has 4 aromatic rings. The van der Waals surface area contributed by atoms with Gasteiger partial charge in [0.1, 0.15) is 0 Å². The van der Waals surface area contributed by atoms with Gasteiger partial charge in [-0.2, -0.15) is 0 Å². The predicted molar refractivity (Wildman–Crippen MR) is 151 cm³/mol. The maximum Gasteiger partial charge on any atom is 0.189 e. The lowest BCUT2D eigenvalue weighted by Gasteiger charge is -2.23. The van der Waals surface area contributed by atoms with E-state index in [4.69, 9.17) is 4.18 Å². The van der Waals surface area contributed by atoms with Crippen LogP contribution in [0, 0.1) is 0 Å². The molecule has 6 heteroatoms. The Morgan fingerprint density at radius 3 is 1.56 bits per heavy atom. The molecule has 0 heterocycles. The highest BCUT2D eigenvalue weighted by Gasteiger charge is 2.24. The molecule has 0 fully saturated rings. The Balaban J connectivity index is 2.16. The van der Waals surface area contributed by atoms with Crippen LogP contribution >= 0.6 is 0 Å². The maximum absolute atomic E-state index is 13.3. The SMILES string of the molecule is CCOS(=O)c1ccc2cc(C(C)(C)C)ccc2c1-c1c(S(=O)O)ccc2cc(C(C)(C)C)ccc12. The van der Waals surface area contributed by atoms with Crippen molar-refractivity contribution in [2.24, 2.45) is 0 Å². The largest absolute Gasteiger partial charge is 0.302 e. The van der Waals surface area contributed by atoms with Crippen LogP contribution in [0.3, 0.4) is 0 Å². The molecule has 0 amide bonds. The molecule has 0 saturated heterocycles. The lowest BCUT2D eigenvalue weighted by atomic mass is 9.83. The Morgan fingerprint density at radius 2 is 1.14 bits per heavy atom. The molecule has 0 saturated carbocycles. The third-order valence-electron chi connectivity index (χ3n) is 6.54. The Bertz CT molecular complexity index is 1510. The van der Waals surface area contributed by atoms with Crippen LogP contribution in [0.15, 0.2) is 70.5 Å². The van der Waals surface area contributed by atoms with Crippen LogP contribution in [-0.4, -0.2) is 19.6 Å². The number of rotatable bonds is 5. The molecule has 0 spiro atoms. The molecule has 1 N–H and O–H groups in total. The molecule has 0 radical (unpaired) electrons. The molecule has 4 aromatic carbocycles. The van der Waals surface area contributed by atoms with Crippen LogP contribution in [0.25, 0.3) is 32.7 Å². The van der Waals surface area contributed by atoms with Crippen LogP contribution in [0.4, 0.5) is 0 Å². The molecule has 0 aliphatic heterocycles. The highest BCUT2D eigenvalue weighted by Crippen LogP contribution is 2.43. The van der Waals surface area contributed by atoms with Gasteiger partial charge in [0, 0.05) is 11.1 Å². The predicted octanol–water partition coefficient (Wildman–Crippen LogP) is 7.89. The van der Waals surface area contributed by atoms with E-state index < -0.39 is 22.2 Å². The zero-order valence-electron chi connectivity index (χ0n) is 22.0. The Kier molecular flexibility index (Phi) is 7.28. The molecule has 36 heavy (non-hydrogen) atoms. The van der Waals surface area contributed by atoms with E-state index in [9.17, 15) is 13.0 Å². The molecule has 0 bridgehead atoms. The third-order valence-corrected chi connectivity index (χ3v) is 8.40. The first-order chi connectivity index (χ1) is 16.8. The summed E-state index contributed by atoms with van der Waals surface area (Å²) in [5, 5.41) is 3.65. The van der Waals surface area contributed by atoms with Gasteiger partial charge in [0.15, 0.2) is 22.2 Å². The van der Waals surface area contributed by atoms with Gasteiger partial charge in [-0.15, -0.1) is 0 Å². The molecule has 2 atom stereocenters. The van der Waals surface area contributed by atoms with Gasteiger partial charge in [-0.05, 0) is 62.6 Å². The van der Waals surface area contributed by atoms with Crippen molar-refractivity contribution < 1.29 is 17.2 Å². The van der Waals surface area contributed by atoms with Crippen LogP contribution in [0.1, 0.15) is 59.6 Å². The first-order valence-corrected chi connectivity index (χ1v) is 14.3. The van der Waals surface area contributed by atoms with Gasteiger partial charge in [-0.25, -0.2) is 8.42 Å². The van der Waals surface area contributed by atoms with Crippen molar-refractivity contribution in [3.8, 4) is 11.1 Å². The molecule has 0 aromatic heterocycles. The fourth-order valence-electron chi connectivity index (χ4n) is 4.52. The van der Waals surface area contributed by atoms with E-state index in [1.54, 1.807) is 13.0 Å². The topological polar surface area (TPSA) is 63.6 Å². The van der Waals surface area contributed by atoms with Gasteiger partial charge in [0.2, 0.25) is 0 Å². The number of benzene rings is 4. The van der Waals surface area contributed by atoms with Gasteiger partial charge >= 0.3 is 0 Å². The second kappa shape index (κ2) is 9.82. The average molecular weight is 523 g/mol. The van der Waals surface area contributed by atoms with E-state index in [1.807, 2.05) is 30.3 Å². The zero-order valence-corrected chi connectivity index (χ0v) is 23.6. The average Bonchev–Trinajstić information content (AvgIpc) is 2.80. The fourth-order valence-corrected chi connectivity index (χ4v) is 5.99. The zero-order chi connectivity index (χ0) is 26.4. The Morgan fingerprint density at radius 1 is 0.694 bits per heavy atom. The first-order valence-electron chi connectivity index (χ1n) is 12.1. The fraction of sp³-hybridized carbons (Fsp3) is 0.333. The lowest BCUT2D eigenvalue weighted by molar-refractivity contribution is 0.372. The van der Waals surface area contributed by atoms with Gasteiger partial charge in [0.25, 0.3) is 0 Å². The minimum Gasteiger partial charge on any atom is -0.302 e. The van der Waals surface area contributed by atoms with E-state index >= 15 is 0 Å². The van der Waals surface area contributed by atoms with Crippen molar-refractivity contribution in [1.82, 2.24) is 0 Å². The van der Waals surface area contributed by atoms with Gasteiger partial charge in [-0.3, -0.25) is 4.18 Å². The van der Waals surface area contributed by atoms with E-state index in [-0.39, 0.29) is 22.3 Å². The van der Waals surface area contributed by atoms with Crippen LogP contribution in [0.5, 0.6) is 0 Å². The molecule has 2 unspecified atom stereocenters. The van der Waals surface area contributed by atoms with Crippen molar-refractivity contribution in [2.45, 2.75) is 69.1 Å². The third kappa shape index (κ3) is 5.05. The highest BCUT2D eigenvalue weighted by atomic mass is 32.2. The second-order valence-electron chi connectivity index (χ2n) is 11.1. The highest BCUT2D eigenvalue weighted by molar-refractivity contribution is 7.80. The Hall–Kier alpha value is -2.38. The van der Waals surface area contributed by atoms with E-state index in [1.165, 1.54) is 11.1 Å². The minimum absolute atomic E-state index is 0.0400. The number of hydrogen-bond acceptors (Lipinski definition) is 3. The molecule has 4 rings (SSSR count). The van der Waals surface area contributed by atoms with E-state index in [0.29, 0.717) is 16.0 Å². The minimum atomic E-state index is -2.25. The second-order valence-corrected chi connectivity index (χ2v) is 13.2. The molecule has 0 aliphatic rings. The lowest BCUT2D eigenvalue weighted by Crippen LogP contribution is -2.11. The molecular formula is C30H34O4S2. The quantitative estimate of drug-likeness (QED) is 0.271. The van der Waals surface area contributed by atoms with E-state index in [0.717, 1.165) is 21.5 Å². The van der Waals surface area contributed by atoms with Crippen LogP contribution in [-0.2, 0) is 37.2 Å². The van der Waals surface area contributed by atoms with Crippen molar-refractivity contribution in [1.29, 1.82) is 0 Å². The summed E-state index contributed by atoms with van der Waals surface area (Å²) in [5.74, 6) is 0. The van der Waals surface area contributed by atoms with Crippen molar-refractivity contribution in [2.75, 3.05) is 6.61 Å². The van der Waals surface area contributed by atoms with Crippen molar-refractivity contribution in [3.05, 3.63) is 71.8 Å².